The van der Waals surface area contributed by atoms with Crippen LogP contribution >= 0.6 is 11.6 Å². The zero-order valence-electron chi connectivity index (χ0n) is 8.96. The average molecular weight is 226 g/mol. The lowest BCUT2D eigenvalue weighted by atomic mass is 9.67. The van der Waals surface area contributed by atoms with E-state index in [0.717, 1.165) is 12.4 Å². The van der Waals surface area contributed by atoms with E-state index >= 15 is 0 Å². The third kappa shape index (κ3) is 2.23. The highest BCUT2D eigenvalue weighted by molar-refractivity contribution is 6.32. The van der Waals surface area contributed by atoms with E-state index in [0.29, 0.717) is 10.4 Å². The SMILES string of the molecule is CCC1(CNc2ncncc2Cl)CCC1. The number of rotatable bonds is 4. The molecule has 0 aromatic carbocycles. The molecule has 1 fully saturated rings. The number of nitrogens with zero attached hydrogens (tertiary/aromatic N) is 2. The summed E-state index contributed by atoms with van der Waals surface area (Å²) >= 11 is 5.97. The molecule has 0 aliphatic heterocycles. The average Bonchev–Trinajstić information content (AvgIpc) is 2.19. The maximum absolute atomic E-state index is 5.97. The summed E-state index contributed by atoms with van der Waals surface area (Å²) in [5, 5.41) is 3.92. The van der Waals surface area contributed by atoms with Gasteiger partial charge in [-0.3, -0.25) is 0 Å². The highest BCUT2D eigenvalue weighted by Gasteiger charge is 2.34. The van der Waals surface area contributed by atoms with E-state index in [-0.39, 0.29) is 0 Å². The van der Waals surface area contributed by atoms with Crippen LogP contribution in [0.5, 0.6) is 0 Å². The predicted molar refractivity (Wildman–Crippen MR) is 62.1 cm³/mol. The highest BCUT2D eigenvalue weighted by Crippen LogP contribution is 2.43. The third-order valence-corrected chi connectivity index (χ3v) is 3.74. The molecule has 0 bridgehead atoms. The lowest BCUT2D eigenvalue weighted by molar-refractivity contribution is 0.145. The van der Waals surface area contributed by atoms with E-state index in [1.807, 2.05) is 0 Å². The van der Waals surface area contributed by atoms with Gasteiger partial charge < -0.3 is 5.32 Å². The van der Waals surface area contributed by atoms with Crippen molar-refractivity contribution in [3.63, 3.8) is 0 Å². The number of anilines is 1. The molecule has 1 aliphatic rings. The predicted octanol–water partition coefficient (Wildman–Crippen LogP) is 3.12. The Kier molecular flexibility index (Phi) is 3.10. The van der Waals surface area contributed by atoms with Crippen LogP contribution in [0.25, 0.3) is 0 Å². The zero-order chi connectivity index (χ0) is 10.7. The Labute approximate surface area is 95.3 Å². The van der Waals surface area contributed by atoms with Crippen molar-refractivity contribution in [3.8, 4) is 0 Å². The lowest BCUT2D eigenvalue weighted by Gasteiger charge is -2.41. The van der Waals surface area contributed by atoms with Crippen molar-refractivity contribution in [3.05, 3.63) is 17.5 Å². The molecule has 1 aromatic rings. The fraction of sp³-hybridized carbons (Fsp3) is 0.636. The maximum atomic E-state index is 5.97. The van der Waals surface area contributed by atoms with E-state index in [4.69, 9.17) is 11.6 Å². The lowest BCUT2D eigenvalue weighted by Crippen LogP contribution is -2.36. The second kappa shape index (κ2) is 4.35. The molecule has 0 amide bonds. The van der Waals surface area contributed by atoms with E-state index in [1.54, 1.807) is 6.20 Å². The smallest absolute Gasteiger partial charge is 0.148 e. The molecule has 1 aliphatic carbocycles. The first kappa shape index (κ1) is 10.7. The van der Waals surface area contributed by atoms with Gasteiger partial charge in [0.2, 0.25) is 0 Å². The molecule has 0 radical (unpaired) electrons. The van der Waals surface area contributed by atoms with Crippen LogP contribution in [0.2, 0.25) is 5.02 Å². The fourth-order valence-corrected chi connectivity index (χ4v) is 2.22. The van der Waals surface area contributed by atoms with Crippen LogP contribution in [0.1, 0.15) is 32.6 Å². The summed E-state index contributed by atoms with van der Waals surface area (Å²) in [6.45, 7) is 3.22. The first-order chi connectivity index (χ1) is 7.26. The number of halogens is 1. The summed E-state index contributed by atoms with van der Waals surface area (Å²) in [6, 6.07) is 0. The van der Waals surface area contributed by atoms with Crippen LogP contribution in [0.15, 0.2) is 12.5 Å². The Morgan fingerprint density at radius 3 is 2.87 bits per heavy atom. The van der Waals surface area contributed by atoms with E-state index in [1.165, 1.54) is 32.0 Å². The largest absolute Gasteiger partial charge is 0.368 e. The van der Waals surface area contributed by atoms with Crippen LogP contribution in [0.3, 0.4) is 0 Å². The summed E-state index contributed by atoms with van der Waals surface area (Å²) in [5.74, 6) is 0.756. The van der Waals surface area contributed by atoms with Crippen molar-refractivity contribution in [2.75, 3.05) is 11.9 Å². The quantitative estimate of drug-likeness (QED) is 0.856. The Morgan fingerprint density at radius 2 is 2.33 bits per heavy atom. The number of aromatic nitrogens is 2. The monoisotopic (exact) mass is 225 g/mol. The van der Waals surface area contributed by atoms with Crippen molar-refractivity contribution < 1.29 is 0 Å². The van der Waals surface area contributed by atoms with Crippen LogP contribution < -0.4 is 5.32 Å². The van der Waals surface area contributed by atoms with Gasteiger partial charge in [-0.05, 0) is 24.7 Å². The summed E-state index contributed by atoms with van der Waals surface area (Å²) in [5.41, 5.74) is 0.480. The second-order valence-corrected chi connectivity index (χ2v) is 4.69. The Hall–Kier alpha value is -0.830. The van der Waals surface area contributed by atoms with Crippen LogP contribution in [0.4, 0.5) is 5.82 Å². The summed E-state index contributed by atoms with van der Waals surface area (Å²) in [6.07, 6.45) is 8.36. The van der Waals surface area contributed by atoms with Crippen molar-refractivity contribution in [2.45, 2.75) is 32.6 Å². The second-order valence-electron chi connectivity index (χ2n) is 4.28. The molecule has 0 spiro atoms. The van der Waals surface area contributed by atoms with Crippen LogP contribution in [-0.2, 0) is 0 Å². The summed E-state index contributed by atoms with van der Waals surface area (Å²) < 4.78 is 0. The number of hydrogen-bond donors (Lipinski definition) is 1. The van der Waals surface area contributed by atoms with Crippen LogP contribution in [-0.4, -0.2) is 16.5 Å². The highest BCUT2D eigenvalue weighted by atomic mass is 35.5. The van der Waals surface area contributed by atoms with Crippen molar-refractivity contribution in [1.29, 1.82) is 0 Å². The van der Waals surface area contributed by atoms with Gasteiger partial charge in [0.15, 0.2) is 0 Å². The molecule has 2 rings (SSSR count). The minimum absolute atomic E-state index is 0.480. The molecule has 0 saturated heterocycles. The molecular formula is C11H16ClN3. The first-order valence-corrected chi connectivity index (χ1v) is 5.83. The van der Waals surface area contributed by atoms with Gasteiger partial charge >= 0.3 is 0 Å². The van der Waals surface area contributed by atoms with Gasteiger partial charge in [0.1, 0.15) is 17.2 Å². The van der Waals surface area contributed by atoms with Gasteiger partial charge in [0, 0.05) is 6.54 Å². The summed E-state index contributed by atoms with van der Waals surface area (Å²) in [4.78, 5) is 7.98. The van der Waals surface area contributed by atoms with E-state index in [2.05, 4.69) is 22.2 Å². The molecule has 1 saturated carbocycles. The minimum Gasteiger partial charge on any atom is -0.368 e. The van der Waals surface area contributed by atoms with Gasteiger partial charge in [0.25, 0.3) is 0 Å². The van der Waals surface area contributed by atoms with Crippen molar-refractivity contribution in [1.82, 2.24) is 9.97 Å². The molecule has 1 aromatic heterocycles. The molecule has 0 atom stereocenters. The first-order valence-electron chi connectivity index (χ1n) is 5.45. The molecule has 1 N–H and O–H groups in total. The van der Waals surface area contributed by atoms with Crippen LogP contribution in [0, 0.1) is 5.41 Å². The van der Waals surface area contributed by atoms with Gasteiger partial charge in [-0.25, -0.2) is 9.97 Å². The fourth-order valence-electron chi connectivity index (χ4n) is 2.05. The topological polar surface area (TPSA) is 37.8 Å². The minimum atomic E-state index is 0.480. The Bertz CT molecular complexity index is 331. The van der Waals surface area contributed by atoms with Crippen molar-refractivity contribution in [2.24, 2.45) is 5.41 Å². The molecule has 0 unspecified atom stereocenters. The normalized spacial score (nSPS) is 18.3. The molecule has 1 heterocycles. The van der Waals surface area contributed by atoms with Gasteiger partial charge in [0.05, 0.1) is 6.20 Å². The molecular weight excluding hydrogens is 210 g/mol. The maximum Gasteiger partial charge on any atom is 0.148 e. The van der Waals surface area contributed by atoms with Crippen molar-refractivity contribution >= 4 is 17.4 Å². The molecule has 82 valence electrons. The Balaban J connectivity index is 1.95. The molecule has 4 heteroatoms. The molecule has 15 heavy (non-hydrogen) atoms. The zero-order valence-corrected chi connectivity index (χ0v) is 9.72. The van der Waals surface area contributed by atoms with Gasteiger partial charge in [-0.1, -0.05) is 24.9 Å². The van der Waals surface area contributed by atoms with E-state index in [9.17, 15) is 0 Å². The number of nitrogens with one attached hydrogen (secondary N) is 1. The summed E-state index contributed by atoms with van der Waals surface area (Å²) in [7, 11) is 0. The van der Waals surface area contributed by atoms with Gasteiger partial charge in [-0.15, -0.1) is 0 Å². The molecule has 3 nitrogen and oxygen atoms in total. The van der Waals surface area contributed by atoms with E-state index < -0.39 is 0 Å². The standard InChI is InChI=1S/C11H16ClN3/c1-2-11(4-3-5-11)7-14-10-9(12)6-13-8-15-10/h6,8H,2-5,7H2,1H3,(H,13,14,15). The van der Waals surface area contributed by atoms with Gasteiger partial charge in [-0.2, -0.15) is 0 Å². The number of hydrogen-bond acceptors (Lipinski definition) is 3. The third-order valence-electron chi connectivity index (χ3n) is 3.46. The Morgan fingerprint density at radius 1 is 1.53 bits per heavy atom.